The third kappa shape index (κ3) is 5.62. The number of carboxylic acid groups (broad SMARTS) is 1. The fraction of sp³-hybridized carbons (Fsp3) is 0.875. The van der Waals surface area contributed by atoms with Gasteiger partial charge in [0.25, 0.3) is 0 Å². The highest BCUT2D eigenvalue weighted by Gasteiger charge is 2.72. The minimum absolute atomic E-state index is 0.115. The first kappa shape index (κ1) is 36.8. The van der Waals surface area contributed by atoms with E-state index >= 15 is 0 Å². The summed E-state index contributed by atoms with van der Waals surface area (Å²) in [5, 5.41) is 14.3. The van der Waals surface area contributed by atoms with Crippen molar-refractivity contribution in [3.8, 4) is 0 Å². The summed E-state index contributed by atoms with van der Waals surface area (Å²) in [5.74, 6) is -0.728. The van der Waals surface area contributed by atoms with Crippen molar-refractivity contribution in [2.75, 3.05) is 39.9 Å². The Kier molecular flexibility index (Phi) is 9.70. The molecule has 49 heavy (non-hydrogen) atoms. The molecule has 4 aliphatic carbocycles. The maximum Gasteiger partial charge on any atom is 0.320 e. The van der Waals surface area contributed by atoms with E-state index in [1.54, 1.807) is 0 Å². The molecule has 0 amide bonds. The average Bonchev–Trinajstić information content (AvgIpc) is 3.43. The summed E-state index contributed by atoms with van der Waals surface area (Å²) in [7, 11) is 2.12. The summed E-state index contributed by atoms with van der Waals surface area (Å²) in [6.07, 6.45) is 8.55. The Bertz CT molecular complexity index is 1350. The SMILES string of the molecule is CC(=O)O[C@@H]1C[C@]23COC[C@](C)([C@@H]2CC[C@H]2C3=CC[C@@]3(C)[C@H](C(=O)O)[C@@](C)([C@H](C)C(C)C)CC[C@]23C)[C@H]1OC(=O)CNCC1CCCN1C. The number of likely N-dealkylation sites (N-methyl/N-ethyl adjacent to an activating group) is 1. The smallest absolute Gasteiger partial charge is 0.320 e. The molecule has 2 aliphatic heterocycles. The number of fused-ring (bicyclic) bond motifs is 3. The zero-order valence-electron chi connectivity index (χ0n) is 31.7. The van der Waals surface area contributed by atoms with Gasteiger partial charge in [0, 0.05) is 30.3 Å². The molecule has 5 fully saturated rings. The Hall–Kier alpha value is -1.97. The number of aliphatic carboxylic acids is 1. The lowest BCUT2D eigenvalue weighted by molar-refractivity contribution is -0.262. The zero-order chi connectivity index (χ0) is 35.7. The molecule has 6 aliphatic rings. The van der Waals surface area contributed by atoms with Crippen molar-refractivity contribution in [2.24, 2.45) is 56.7 Å². The first-order chi connectivity index (χ1) is 22.9. The lowest BCUT2D eigenvalue weighted by Gasteiger charge is -2.71. The maximum atomic E-state index is 13.4. The van der Waals surface area contributed by atoms with Crippen molar-refractivity contribution in [1.29, 1.82) is 0 Å². The number of ether oxygens (including phenoxy) is 3. The van der Waals surface area contributed by atoms with Gasteiger partial charge in [0.15, 0.2) is 0 Å². The normalized spacial score (nSPS) is 45.4. The van der Waals surface area contributed by atoms with Crippen molar-refractivity contribution < 1.29 is 33.7 Å². The lowest BCUT2D eigenvalue weighted by atomic mass is 9.34. The fourth-order valence-electron chi connectivity index (χ4n) is 12.9. The van der Waals surface area contributed by atoms with Crippen LogP contribution in [-0.2, 0) is 28.6 Å². The van der Waals surface area contributed by atoms with Crippen molar-refractivity contribution in [1.82, 2.24) is 10.2 Å². The average molecular weight is 685 g/mol. The lowest BCUT2D eigenvalue weighted by Crippen LogP contribution is -2.70. The molecule has 6 rings (SSSR count). The second kappa shape index (κ2) is 12.9. The first-order valence-corrected chi connectivity index (χ1v) is 19.2. The Labute approximate surface area is 294 Å². The van der Waals surface area contributed by atoms with Gasteiger partial charge in [-0.25, -0.2) is 0 Å². The van der Waals surface area contributed by atoms with Gasteiger partial charge < -0.3 is 29.5 Å². The summed E-state index contributed by atoms with van der Waals surface area (Å²) in [6, 6.07) is 0.422. The molecule has 3 saturated carbocycles. The number of hydrogen-bond donors (Lipinski definition) is 2. The number of allylic oxidation sites excluding steroid dienone is 1. The number of hydrogen-bond acceptors (Lipinski definition) is 8. The predicted octanol–water partition coefficient (Wildman–Crippen LogP) is 6.10. The Morgan fingerprint density at radius 2 is 1.78 bits per heavy atom. The van der Waals surface area contributed by atoms with Gasteiger partial charge in [0.2, 0.25) is 0 Å². The third-order valence-electron chi connectivity index (χ3n) is 16.0. The largest absolute Gasteiger partial charge is 0.481 e. The molecule has 12 atom stereocenters. The summed E-state index contributed by atoms with van der Waals surface area (Å²) in [6.45, 7) is 20.1. The van der Waals surface area contributed by atoms with Crippen LogP contribution < -0.4 is 5.32 Å². The van der Waals surface area contributed by atoms with E-state index in [1.807, 2.05) is 0 Å². The first-order valence-electron chi connectivity index (χ1n) is 19.2. The Balaban J connectivity index is 1.31. The van der Waals surface area contributed by atoms with E-state index in [0.717, 1.165) is 45.2 Å². The molecule has 2 saturated heterocycles. The predicted molar refractivity (Wildman–Crippen MR) is 188 cm³/mol. The van der Waals surface area contributed by atoms with E-state index in [-0.39, 0.29) is 52.5 Å². The second-order valence-electron chi connectivity index (χ2n) is 18.5. The van der Waals surface area contributed by atoms with Crippen molar-refractivity contribution in [3.63, 3.8) is 0 Å². The van der Waals surface area contributed by atoms with Crippen LogP contribution in [0.25, 0.3) is 0 Å². The molecule has 0 aromatic carbocycles. The second-order valence-corrected chi connectivity index (χ2v) is 18.5. The van der Waals surface area contributed by atoms with Crippen molar-refractivity contribution in [2.45, 2.75) is 125 Å². The highest BCUT2D eigenvalue weighted by atomic mass is 16.6. The van der Waals surface area contributed by atoms with Crippen LogP contribution in [0.3, 0.4) is 0 Å². The van der Waals surface area contributed by atoms with E-state index in [4.69, 9.17) is 14.2 Å². The number of carbonyl (C=O) groups is 3. The van der Waals surface area contributed by atoms with Crippen LogP contribution in [0.5, 0.6) is 0 Å². The zero-order valence-corrected chi connectivity index (χ0v) is 31.7. The monoisotopic (exact) mass is 684 g/mol. The Morgan fingerprint density at radius 1 is 1.04 bits per heavy atom. The van der Waals surface area contributed by atoms with Gasteiger partial charge in [-0.15, -0.1) is 0 Å². The van der Waals surface area contributed by atoms with Gasteiger partial charge in [0.05, 0.1) is 25.7 Å². The molecule has 0 aromatic rings. The number of carbonyl (C=O) groups excluding carboxylic acids is 2. The number of nitrogens with zero attached hydrogens (tertiary/aromatic N) is 1. The Morgan fingerprint density at radius 3 is 2.41 bits per heavy atom. The molecule has 2 heterocycles. The summed E-state index contributed by atoms with van der Waals surface area (Å²) >= 11 is 0. The molecule has 0 aromatic heterocycles. The van der Waals surface area contributed by atoms with Crippen molar-refractivity contribution in [3.05, 3.63) is 11.6 Å². The summed E-state index contributed by atoms with van der Waals surface area (Å²) in [5.41, 5.74) is -0.432. The number of nitrogens with one attached hydrogen (secondary N) is 1. The molecular weight excluding hydrogens is 620 g/mol. The van der Waals surface area contributed by atoms with Gasteiger partial charge in [-0.2, -0.15) is 0 Å². The molecule has 1 unspecified atom stereocenters. The molecule has 9 heteroatoms. The van der Waals surface area contributed by atoms with Gasteiger partial charge in [-0.3, -0.25) is 14.4 Å². The molecule has 276 valence electrons. The molecule has 0 spiro atoms. The van der Waals surface area contributed by atoms with E-state index in [1.165, 1.54) is 18.9 Å². The van der Waals surface area contributed by atoms with Crippen LogP contribution in [0.1, 0.15) is 107 Å². The quantitative estimate of drug-likeness (QED) is 0.220. The van der Waals surface area contributed by atoms with E-state index in [9.17, 15) is 19.5 Å². The molecular formula is C40H64N2O7. The molecule has 2 N–H and O–H groups in total. The van der Waals surface area contributed by atoms with Crippen LogP contribution in [-0.4, -0.2) is 86.1 Å². The van der Waals surface area contributed by atoms with Crippen LogP contribution in [0.4, 0.5) is 0 Å². The summed E-state index contributed by atoms with van der Waals surface area (Å²) < 4.78 is 19.0. The molecule has 9 nitrogen and oxygen atoms in total. The summed E-state index contributed by atoms with van der Waals surface area (Å²) in [4.78, 5) is 41.7. The number of carboxylic acids is 1. The highest BCUT2D eigenvalue weighted by molar-refractivity contribution is 5.73. The van der Waals surface area contributed by atoms with E-state index < -0.39 is 34.9 Å². The highest BCUT2D eigenvalue weighted by Crippen LogP contribution is 2.75. The standard InChI is InChI=1S/C40H64N2O7/c1-24(2)25(3)36(5)16-17-38(7)28-12-13-31-37(6)22-47-23-40(31,29(28)14-15-39(38,8)33(36)35(45)46)19-30(48-26(4)43)34(37)49-32(44)21-41-20-27-11-10-18-42(27)9/h14,24-25,27-28,30-31,33-34,41H,10-13,15-23H2,1-9H3,(H,45,46)/t25-,27?,28+,30-,31+,33-,34+,36-,37-,38-,39+,40-/m1/s1. The van der Waals surface area contributed by atoms with Crippen LogP contribution in [0.15, 0.2) is 11.6 Å². The van der Waals surface area contributed by atoms with Gasteiger partial charge in [0.1, 0.15) is 12.2 Å². The van der Waals surface area contributed by atoms with Gasteiger partial charge in [-0.05, 0) is 105 Å². The van der Waals surface area contributed by atoms with Gasteiger partial charge >= 0.3 is 17.9 Å². The molecule has 2 bridgehead atoms. The minimum atomic E-state index is -0.664. The van der Waals surface area contributed by atoms with E-state index in [0.29, 0.717) is 38.0 Å². The van der Waals surface area contributed by atoms with Crippen LogP contribution in [0, 0.1) is 56.7 Å². The third-order valence-corrected chi connectivity index (χ3v) is 16.0. The van der Waals surface area contributed by atoms with Crippen LogP contribution in [0.2, 0.25) is 0 Å². The fourth-order valence-corrected chi connectivity index (χ4v) is 12.9. The van der Waals surface area contributed by atoms with Crippen molar-refractivity contribution >= 4 is 17.9 Å². The topological polar surface area (TPSA) is 114 Å². The van der Waals surface area contributed by atoms with Crippen LogP contribution >= 0.6 is 0 Å². The maximum absolute atomic E-state index is 13.4. The van der Waals surface area contributed by atoms with E-state index in [2.05, 4.69) is 71.8 Å². The number of esters is 2. The molecule has 0 radical (unpaired) electrons. The minimum Gasteiger partial charge on any atom is -0.481 e. The number of rotatable bonds is 9. The number of likely N-dealkylation sites (tertiary alicyclic amines) is 1. The van der Waals surface area contributed by atoms with Gasteiger partial charge in [-0.1, -0.05) is 60.1 Å².